The van der Waals surface area contributed by atoms with Crippen molar-refractivity contribution in [2.75, 3.05) is 12.8 Å². The van der Waals surface area contributed by atoms with Crippen LogP contribution in [0.15, 0.2) is 10.5 Å². The first-order valence-corrected chi connectivity index (χ1v) is 8.38. The van der Waals surface area contributed by atoms with Crippen molar-refractivity contribution in [2.24, 2.45) is 5.16 Å². The molecular weight excluding hydrogens is 350 g/mol. The number of carbonyl (C=O) groups is 2. The van der Waals surface area contributed by atoms with Crippen LogP contribution in [0.4, 0.5) is 5.13 Å². The predicted octanol–water partition coefficient (Wildman–Crippen LogP) is -1.41. The molecule has 4 N–H and O–H groups in total. The summed E-state index contributed by atoms with van der Waals surface area (Å²) in [5, 5.41) is 7.54. The Morgan fingerprint density at radius 1 is 1.61 bits per heavy atom. The molecule has 0 aliphatic carbocycles. The Bertz CT molecular complexity index is 772. The number of hydrogen-bond acceptors (Lipinski definition) is 9. The van der Waals surface area contributed by atoms with E-state index in [1.54, 1.807) is 0 Å². The third-order valence-corrected chi connectivity index (χ3v) is 4.72. The molecule has 1 aromatic rings. The number of aromatic nitrogens is 1. The van der Waals surface area contributed by atoms with Gasteiger partial charge in [0.05, 0.1) is 6.04 Å². The molecule has 1 saturated heterocycles. The summed E-state index contributed by atoms with van der Waals surface area (Å²) >= 11 is 1.08. The van der Waals surface area contributed by atoms with Gasteiger partial charge >= 0.3 is 10.3 Å². The first kappa shape index (κ1) is 17.1. The molecule has 2 amide bonds. The lowest BCUT2D eigenvalue weighted by atomic mass is 10.0. The van der Waals surface area contributed by atoms with E-state index in [0.717, 1.165) is 11.3 Å². The van der Waals surface area contributed by atoms with Crippen LogP contribution >= 0.6 is 11.3 Å². The summed E-state index contributed by atoms with van der Waals surface area (Å²) in [5.41, 5.74) is 5.42. The van der Waals surface area contributed by atoms with Gasteiger partial charge in [-0.05, 0) is 6.92 Å². The first-order chi connectivity index (χ1) is 10.7. The van der Waals surface area contributed by atoms with Gasteiger partial charge in [0.2, 0.25) is 0 Å². The van der Waals surface area contributed by atoms with Crippen molar-refractivity contribution in [3.05, 3.63) is 11.1 Å². The van der Waals surface area contributed by atoms with Crippen LogP contribution in [0.2, 0.25) is 0 Å². The second-order valence-corrected chi connectivity index (χ2v) is 6.68. The Hall–Kier alpha value is -2.25. The molecule has 2 heterocycles. The fraction of sp³-hybridized carbons (Fsp3) is 0.400. The summed E-state index contributed by atoms with van der Waals surface area (Å²) < 4.78 is 31.2. The van der Waals surface area contributed by atoms with E-state index < -0.39 is 34.2 Å². The highest BCUT2D eigenvalue weighted by molar-refractivity contribution is 7.84. The van der Waals surface area contributed by atoms with Gasteiger partial charge in [-0.3, -0.25) is 14.1 Å². The van der Waals surface area contributed by atoms with Gasteiger partial charge in [0.15, 0.2) is 10.8 Å². The quantitative estimate of drug-likeness (QED) is 0.248. The van der Waals surface area contributed by atoms with Crippen LogP contribution in [0.5, 0.6) is 0 Å². The minimum absolute atomic E-state index is 0.151. The first-order valence-electron chi connectivity index (χ1n) is 6.11. The molecule has 0 unspecified atom stereocenters. The standard InChI is InChI=1S/C10H13N5O6S2/c1-4-6(9(17)15(4)23(18,19)20)13-8(16)7(14-21-2)5-3-22-10(11)12-5/h3-4,6H,1-2H3,(H2,11,12)(H,13,16)(H,18,19,20)/b14-7-/t4-,6+/m0/s1. The van der Waals surface area contributed by atoms with Crippen molar-refractivity contribution < 1.29 is 27.4 Å². The number of anilines is 1. The van der Waals surface area contributed by atoms with Crippen LogP contribution in [-0.2, 0) is 24.7 Å². The number of carbonyl (C=O) groups excluding carboxylic acids is 2. The Morgan fingerprint density at radius 2 is 2.26 bits per heavy atom. The second-order valence-electron chi connectivity index (χ2n) is 4.50. The zero-order chi connectivity index (χ0) is 17.4. The zero-order valence-electron chi connectivity index (χ0n) is 12.0. The van der Waals surface area contributed by atoms with Crippen molar-refractivity contribution >= 4 is 44.3 Å². The van der Waals surface area contributed by atoms with Crippen molar-refractivity contribution in [1.29, 1.82) is 0 Å². The molecule has 1 aliphatic rings. The average molecular weight is 363 g/mol. The summed E-state index contributed by atoms with van der Waals surface area (Å²) in [5.74, 6) is -1.75. The fourth-order valence-corrected chi connectivity index (χ4v) is 3.44. The van der Waals surface area contributed by atoms with Gasteiger partial charge in [-0.15, -0.1) is 11.3 Å². The largest absolute Gasteiger partial charge is 0.398 e. The van der Waals surface area contributed by atoms with E-state index in [-0.39, 0.29) is 20.8 Å². The average Bonchev–Trinajstić information content (AvgIpc) is 2.86. The number of nitrogens with one attached hydrogen (secondary N) is 1. The number of β-lactam (4-membered cyclic amide) rings is 1. The zero-order valence-corrected chi connectivity index (χ0v) is 13.6. The van der Waals surface area contributed by atoms with Gasteiger partial charge in [-0.1, -0.05) is 5.16 Å². The molecule has 1 aliphatic heterocycles. The molecular formula is C10H13N5O6S2. The number of nitrogens with zero attached hydrogens (tertiary/aromatic N) is 3. The summed E-state index contributed by atoms with van der Waals surface area (Å²) in [6, 6.07) is -2.06. The molecule has 23 heavy (non-hydrogen) atoms. The number of nitrogen functional groups attached to an aromatic ring is 1. The number of rotatable bonds is 5. The molecule has 1 aromatic heterocycles. The Labute approximate surface area is 135 Å². The molecule has 0 bridgehead atoms. The summed E-state index contributed by atoms with van der Waals surface area (Å²) in [7, 11) is -3.44. The van der Waals surface area contributed by atoms with Crippen LogP contribution in [0, 0.1) is 0 Å². The maximum absolute atomic E-state index is 12.2. The molecule has 0 aromatic carbocycles. The smallest absolute Gasteiger partial charge is 0.362 e. The van der Waals surface area contributed by atoms with Gasteiger partial charge in [0.25, 0.3) is 11.8 Å². The van der Waals surface area contributed by atoms with E-state index in [1.165, 1.54) is 19.4 Å². The molecule has 2 atom stereocenters. The molecule has 2 rings (SSSR count). The van der Waals surface area contributed by atoms with E-state index in [1.807, 2.05) is 0 Å². The normalized spacial score (nSPS) is 21.8. The van der Waals surface area contributed by atoms with E-state index in [4.69, 9.17) is 10.3 Å². The highest BCUT2D eigenvalue weighted by Gasteiger charge is 2.51. The van der Waals surface area contributed by atoms with E-state index >= 15 is 0 Å². The van der Waals surface area contributed by atoms with E-state index in [0.29, 0.717) is 0 Å². The molecule has 11 nitrogen and oxygen atoms in total. The minimum atomic E-state index is -4.66. The predicted molar refractivity (Wildman–Crippen MR) is 79.9 cm³/mol. The summed E-state index contributed by atoms with van der Waals surface area (Å²) in [6.45, 7) is 1.36. The number of hydrogen-bond donors (Lipinski definition) is 3. The van der Waals surface area contributed by atoms with Crippen LogP contribution in [0.1, 0.15) is 12.6 Å². The fourth-order valence-electron chi connectivity index (χ4n) is 2.01. The highest BCUT2D eigenvalue weighted by Crippen LogP contribution is 2.23. The Kier molecular flexibility index (Phi) is 4.53. The van der Waals surface area contributed by atoms with Crippen molar-refractivity contribution in [3.63, 3.8) is 0 Å². The lowest BCUT2D eigenvalue weighted by Crippen LogP contribution is -2.71. The van der Waals surface area contributed by atoms with Crippen LogP contribution in [0.3, 0.4) is 0 Å². The summed E-state index contributed by atoms with van der Waals surface area (Å²) in [6.07, 6.45) is 0. The van der Waals surface area contributed by atoms with Gasteiger partial charge in [-0.2, -0.15) is 8.42 Å². The molecule has 0 radical (unpaired) electrons. The number of amides is 2. The number of nitrogens with two attached hydrogens (primary N) is 1. The Balaban J connectivity index is 2.15. The topological polar surface area (TPSA) is 164 Å². The van der Waals surface area contributed by atoms with Crippen molar-refractivity contribution in [3.8, 4) is 0 Å². The molecule has 126 valence electrons. The number of oxime groups is 1. The van der Waals surface area contributed by atoms with Crippen molar-refractivity contribution in [2.45, 2.75) is 19.0 Å². The van der Waals surface area contributed by atoms with E-state index in [2.05, 4.69) is 20.3 Å². The number of thiazole rings is 1. The molecule has 13 heteroatoms. The lowest BCUT2D eigenvalue weighted by Gasteiger charge is -2.42. The molecule has 0 spiro atoms. The maximum Gasteiger partial charge on any atom is 0.362 e. The SMILES string of the molecule is CO/N=C(\C(=O)N[C@H]1C(=O)N(S(=O)(=O)O)[C@H]1C)c1csc(N)n1. The van der Waals surface area contributed by atoms with Crippen LogP contribution in [-0.4, -0.2) is 59.0 Å². The minimum Gasteiger partial charge on any atom is -0.398 e. The second kappa shape index (κ2) is 6.10. The van der Waals surface area contributed by atoms with Gasteiger partial charge in [0.1, 0.15) is 18.8 Å². The lowest BCUT2D eigenvalue weighted by molar-refractivity contribution is -0.143. The maximum atomic E-state index is 12.2. The summed E-state index contributed by atoms with van der Waals surface area (Å²) in [4.78, 5) is 32.4. The van der Waals surface area contributed by atoms with Crippen LogP contribution < -0.4 is 11.1 Å². The van der Waals surface area contributed by atoms with Crippen molar-refractivity contribution in [1.82, 2.24) is 14.6 Å². The monoisotopic (exact) mass is 363 g/mol. The van der Waals surface area contributed by atoms with Crippen LogP contribution in [0.25, 0.3) is 0 Å². The molecule has 0 saturated carbocycles. The highest BCUT2D eigenvalue weighted by atomic mass is 32.2. The van der Waals surface area contributed by atoms with Gasteiger partial charge in [-0.25, -0.2) is 9.29 Å². The van der Waals surface area contributed by atoms with Gasteiger partial charge in [0, 0.05) is 5.38 Å². The Morgan fingerprint density at radius 3 is 2.70 bits per heavy atom. The third kappa shape index (κ3) is 3.25. The molecule has 1 fully saturated rings. The van der Waals surface area contributed by atoms with E-state index in [9.17, 15) is 18.0 Å². The third-order valence-electron chi connectivity index (χ3n) is 3.03. The van der Waals surface area contributed by atoms with Gasteiger partial charge < -0.3 is 15.9 Å².